The maximum Gasteiger partial charge on any atom is 0.167 e. The molecule has 0 aliphatic carbocycles. The molecule has 1 fully saturated rings. The number of ether oxygens (including phenoxy) is 1. The summed E-state index contributed by atoms with van der Waals surface area (Å²) < 4.78 is 7.85. The predicted octanol–water partition coefficient (Wildman–Crippen LogP) is 0.00880. The molecule has 7 N–H and O–H groups in total. The quantitative estimate of drug-likeness (QED) is 0.354. The highest BCUT2D eigenvalue weighted by molar-refractivity contribution is 5.81. The molecule has 2 aromatic heterocycles. The second-order valence-electron chi connectivity index (χ2n) is 6.55. The van der Waals surface area contributed by atoms with Crippen molar-refractivity contribution < 1.29 is 14.7 Å². The van der Waals surface area contributed by atoms with Gasteiger partial charge in [-0.05, 0) is 19.4 Å². The Morgan fingerprint density at radius 2 is 2.08 bits per heavy atom. The highest BCUT2D eigenvalue weighted by Gasteiger charge is 2.37. The third-order valence-corrected chi connectivity index (χ3v) is 4.69. The smallest absolute Gasteiger partial charge is 0.167 e. The summed E-state index contributed by atoms with van der Waals surface area (Å²) in [5, 5.41) is 10.2. The maximum atomic E-state index is 10.2. The molecule has 3 rings (SSSR count). The lowest BCUT2D eigenvalue weighted by atomic mass is 10.1. The fraction of sp³-hybridized carbons (Fsp3) is 0.688. The standard InChI is InChI=1S/C16H27N7O3/c17-6-4-2-1-3-5-12-22-14-15(18)20-9-21-16(14)23(12)13-7-10(24)11(26-13)8-25-19/h9-11,13,24H,1-8,17,19H2,(H2,18,20,21)/t10-,11+,13+/m0/s1. The van der Waals surface area contributed by atoms with Crippen LogP contribution >= 0.6 is 0 Å². The number of aryl methyl sites for hydroxylation is 1. The molecule has 0 radical (unpaired) electrons. The maximum absolute atomic E-state index is 10.2. The number of aliphatic hydroxyl groups is 1. The summed E-state index contributed by atoms with van der Waals surface area (Å²) in [5.41, 5.74) is 12.7. The molecule has 0 saturated carbocycles. The van der Waals surface area contributed by atoms with Crippen LogP contribution in [0.25, 0.3) is 11.2 Å². The number of anilines is 1. The van der Waals surface area contributed by atoms with Crippen LogP contribution in [0.1, 0.15) is 44.2 Å². The number of hydrogen-bond donors (Lipinski definition) is 4. The molecule has 3 heterocycles. The topological polar surface area (TPSA) is 160 Å². The Bertz CT molecular complexity index is 723. The number of nitrogens with zero attached hydrogens (tertiary/aromatic N) is 4. The lowest BCUT2D eigenvalue weighted by Gasteiger charge is -2.17. The molecular formula is C16H27N7O3. The molecule has 26 heavy (non-hydrogen) atoms. The number of unbranched alkanes of at least 4 members (excludes halogenated alkanes) is 3. The fourth-order valence-electron chi connectivity index (χ4n) is 3.35. The van der Waals surface area contributed by atoms with Crippen molar-refractivity contribution in [1.82, 2.24) is 19.5 Å². The third-order valence-electron chi connectivity index (χ3n) is 4.69. The molecule has 10 nitrogen and oxygen atoms in total. The number of nitrogen functional groups attached to an aromatic ring is 1. The molecular weight excluding hydrogens is 338 g/mol. The first-order valence-corrected chi connectivity index (χ1v) is 8.98. The second-order valence-corrected chi connectivity index (χ2v) is 6.55. The number of imidazole rings is 1. The molecule has 144 valence electrons. The van der Waals surface area contributed by atoms with Crippen molar-refractivity contribution in [2.24, 2.45) is 11.6 Å². The summed E-state index contributed by atoms with van der Waals surface area (Å²) in [6, 6.07) is 0. The van der Waals surface area contributed by atoms with E-state index in [0.29, 0.717) is 29.9 Å². The normalized spacial score (nSPS) is 23.1. The fourth-order valence-corrected chi connectivity index (χ4v) is 3.35. The summed E-state index contributed by atoms with van der Waals surface area (Å²) in [6.45, 7) is 0.832. The first-order chi connectivity index (χ1) is 12.7. The highest BCUT2D eigenvalue weighted by Crippen LogP contribution is 2.33. The molecule has 0 bridgehead atoms. The summed E-state index contributed by atoms with van der Waals surface area (Å²) in [7, 11) is 0. The van der Waals surface area contributed by atoms with Gasteiger partial charge in [-0.15, -0.1) is 0 Å². The number of rotatable bonds is 9. The van der Waals surface area contributed by atoms with Crippen molar-refractivity contribution in [3.05, 3.63) is 12.2 Å². The van der Waals surface area contributed by atoms with Crippen molar-refractivity contribution in [1.29, 1.82) is 0 Å². The number of hydrogen-bond acceptors (Lipinski definition) is 9. The van der Waals surface area contributed by atoms with E-state index in [4.69, 9.17) is 22.1 Å². The van der Waals surface area contributed by atoms with Gasteiger partial charge < -0.3 is 26.1 Å². The first kappa shape index (κ1) is 18.9. The number of nitrogens with two attached hydrogens (primary N) is 3. The van der Waals surface area contributed by atoms with Crippen molar-refractivity contribution >= 4 is 17.0 Å². The molecule has 1 aliphatic heterocycles. The Labute approximate surface area is 151 Å². The summed E-state index contributed by atoms with van der Waals surface area (Å²) in [6.07, 6.45) is 5.17. The van der Waals surface area contributed by atoms with Gasteiger partial charge in [0.05, 0.1) is 12.7 Å². The van der Waals surface area contributed by atoms with Crippen molar-refractivity contribution in [2.75, 3.05) is 18.9 Å². The Kier molecular flexibility index (Phi) is 6.33. The molecule has 0 spiro atoms. The van der Waals surface area contributed by atoms with Gasteiger partial charge in [-0.2, -0.15) is 0 Å². The molecule has 0 aromatic carbocycles. The van der Waals surface area contributed by atoms with E-state index in [9.17, 15) is 5.11 Å². The van der Waals surface area contributed by atoms with Gasteiger partial charge in [-0.1, -0.05) is 12.8 Å². The lowest BCUT2D eigenvalue weighted by Crippen LogP contribution is -2.27. The van der Waals surface area contributed by atoms with Crippen molar-refractivity contribution in [3.63, 3.8) is 0 Å². The minimum Gasteiger partial charge on any atom is -0.390 e. The van der Waals surface area contributed by atoms with Gasteiger partial charge in [0, 0.05) is 12.8 Å². The van der Waals surface area contributed by atoms with E-state index in [-0.39, 0.29) is 6.61 Å². The third kappa shape index (κ3) is 3.94. The molecule has 1 saturated heterocycles. The van der Waals surface area contributed by atoms with Gasteiger partial charge >= 0.3 is 0 Å². The van der Waals surface area contributed by atoms with Crippen LogP contribution in [0, 0.1) is 0 Å². The Morgan fingerprint density at radius 1 is 1.27 bits per heavy atom. The molecule has 0 amide bonds. The lowest BCUT2D eigenvalue weighted by molar-refractivity contribution is -0.0626. The second kappa shape index (κ2) is 8.69. The van der Waals surface area contributed by atoms with Crippen LogP contribution in [0.2, 0.25) is 0 Å². The highest BCUT2D eigenvalue weighted by atomic mass is 16.6. The van der Waals surface area contributed by atoms with Gasteiger partial charge in [0.1, 0.15) is 24.5 Å². The average Bonchev–Trinajstić information content (AvgIpc) is 3.16. The van der Waals surface area contributed by atoms with Crippen LogP contribution in [0.5, 0.6) is 0 Å². The van der Waals surface area contributed by atoms with Crippen LogP contribution in [0.4, 0.5) is 5.82 Å². The van der Waals surface area contributed by atoms with Gasteiger partial charge in [-0.25, -0.2) is 20.8 Å². The molecule has 3 atom stereocenters. The van der Waals surface area contributed by atoms with Gasteiger partial charge in [-0.3, -0.25) is 4.57 Å². The zero-order valence-corrected chi connectivity index (χ0v) is 14.8. The van der Waals surface area contributed by atoms with E-state index in [0.717, 1.165) is 37.9 Å². The molecule has 10 heteroatoms. The largest absolute Gasteiger partial charge is 0.390 e. The SMILES string of the molecule is NCCCCCCc1nc2c(N)ncnc2n1[C@H]1C[C@H](O)[C@@H](CON)O1. The van der Waals surface area contributed by atoms with Gasteiger partial charge in [0.15, 0.2) is 17.0 Å². The van der Waals surface area contributed by atoms with E-state index in [1.807, 2.05) is 4.57 Å². The number of aromatic nitrogens is 4. The van der Waals surface area contributed by atoms with E-state index < -0.39 is 18.4 Å². The summed E-state index contributed by atoms with van der Waals surface area (Å²) >= 11 is 0. The van der Waals surface area contributed by atoms with Crippen LogP contribution in [-0.2, 0) is 16.0 Å². The van der Waals surface area contributed by atoms with Crippen LogP contribution < -0.4 is 17.4 Å². The summed E-state index contributed by atoms with van der Waals surface area (Å²) in [5.74, 6) is 6.28. The van der Waals surface area contributed by atoms with E-state index in [2.05, 4.69) is 19.8 Å². The van der Waals surface area contributed by atoms with Crippen LogP contribution in [0.15, 0.2) is 6.33 Å². The molecule has 2 aromatic rings. The Morgan fingerprint density at radius 3 is 2.85 bits per heavy atom. The van der Waals surface area contributed by atoms with Gasteiger partial charge in [0.2, 0.25) is 0 Å². The number of aliphatic hydroxyl groups excluding tert-OH is 1. The average molecular weight is 365 g/mol. The Hall–Kier alpha value is -1.85. The minimum atomic E-state index is -0.669. The van der Waals surface area contributed by atoms with Crippen molar-refractivity contribution in [2.45, 2.75) is 57.0 Å². The monoisotopic (exact) mass is 365 g/mol. The van der Waals surface area contributed by atoms with E-state index in [1.54, 1.807) is 0 Å². The minimum absolute atomic E-state index is 0.121. The van der Waals surface area contributed by atoms with E-state index >= 15 is 0 Å². The predicted molar refractivity (Wildman–Crippen MR) is 95.6 cm³/mol. The number of fused-ring (bicyclic) bond motifs is 1. The van der Waals surface area contributed by atoms with E-state index in [1.165, 1.54) is 6.33 Å². The van der Waals surface area contributed by atoms with Gasteiger partial charge in [0.25, 0.3) is 0 Å². The van der Waals surface area contributed by atoms with Crippen LogP contribution in [0.3, 0.4) is 0 Å². The Balaban J connectivity index is 1.84. The first-order valence-electron chi connectivity index (χ1n) is 8.98. The van der Waals surface area contributed by atoms with Crippen LogP contribution in [-0.4, -0.2) is 50.0 Å². The zero-order chi connectivity index (χ0) is 18.5. The van der Waals surface area contributed by atoms with Crippen molar-refractivity contribution in [3.8, 4) is 0 Å². The molecule has 0 unspecified atom stereocenters. The summed E-state index contributed by atoms with van der Waals surface area (Å²) in [4.78, 5) is 17.6. The zero-order valence-electron chi connectivity index (χ0n) is 14.8. The molecule has 1 aliphatic rings.